The Morgan fingerprint density at radius 2 is 1.74 bits per heavy atom. The Morgan fingerprint density at radius 3 is 2.26 bits per heavy atom. The van der Waals surface area contributed by atoms with Crippen LogP contribution in [0.3, 0.4) is 0 Å². The van der Waals surface area contributed by atoms with Crippen LogP contribution in [0.4, 0.5) is 0 Å². The van der Waals surface area contributed by atoms with Crippen molar-refractivity contribution in [3.63, 3.8) is 0 Å². The number of rotatable bonds is 2. The molecule has 0 amide bonds. The zero-order valence-electron chi connectivity index (χ0n) is 11.8. The highest BCUT2D eigenvalue weighted by Gasteiger charge is 2.44. The maximum Gasteiger partial charge on any atom is 0.219 e. The number of sulfonamides is 1. The zero-order valence-corrected chi connectivity index (χ0v) is 12.6. The molecule has 3 aliphatic rings. The van der Waals surface area contributed by atoms with E-state index in [9.17, 15) is 8.42 Å². The van der Waals surface area contributed by atoms with Crippen LogP contribution in [0.1, 0.15) is 51.9 Å². The van der Waals surface area contributed by atoms with E-state index < -0.39 is 10.0 Å². The Kier molecular flexibility index (Phi) is 3.65. The summed E-state index contributed by atoms with van der Waals surface area (Å²) in [6.07, 6.45) is 7.93. The fourth-order valence-corrected chi connectivity index (χ4v) is 6.17. The van der Waals surface area contributed by atoms with E-state index in [1.165, 1.54) is 25.7 Å². The van der Waals surface area contributed by atoms with Crippen LogP contribution in [0.15, 0.2) is 0 Å². The molecule has 110 valence electrons. The maximum atomic E-state index is 12.6. The van der Waals surface area contributed by atoms with Gasteiger partial charge in [-0.25, -0.2) is 12.7 Å². The molecule has 0 bridgehead atoms. The van der Waals surface area contributed by atoms with E-state index in [-0.39, 0.29) is 11.4 Å². The van der Waals surface area contributed by atoms with E-state index in [1.807, 2.05) is 6.92 Å². The largest absolute Gasteiger partial charge is 0.377 e. The summed E-state index contributed by atoms with van der Waals surface area (Å²) in [5, 5.41) is -0.315. The molecule has 2 atom stereocenters. The molecule has 3 rings (SSSR count). The molecule has 1 saturated carbocycles. The summed E-state index contributed by atoms with van der Waals surface area (Å²) in [7, 11) is -3.15. The molecule has 1 spiro atoms. The van der Waals surface area contributed by atoms with E-state index in [0.717, 1.165) is 25.9 Å². The molecule has 0 aromatic rings. The standard InChI is InChI=1S/C14H25NO3S/c1-12-13(4-11-18-12)19(16,17)15-9-7-14(8-10-15)5-2-3-6-14/h12-13H,2-11H2,1H3. The minimum atomic E-state index is -3.15. The highest BCUT2D eigenvalue weighted by Crippen LogP contribution is 2.46. The Balaban J connectivity index is 1.67. The quantitative estimate of drug-likeness (QED) is 0.782. The van der Waals surface area contributed by atoms with Crippen molar-refractivity contribution in [1.29, 1.82) is 0 Å². The molecule has 2 unspecified atom stereocenters. The molecule has 0 aromatic carbocycles. The monoisotopic (exact) mass is 287 g/mol. The van der Waals surface area contributed by atoms with Crippen LogP contribution in [0.2, 0.25) is 0 Å². The molecule has 2 aliphatic heterocycles. The number of nitrogens with zero attached hydrogens (tertiary/aromatic N) is 1. The molecule has 1 aliphatic carbocycles. The number of ether oxygens (including phenoxy) is 1. The Hall–Kier alpha value is -0.130. The summed E-state index contributed by atoms with van der Waals surface area (Å²) in [5.41, 5.74) is 0.476. The lowest BCUT2D eigenvalue weighted by molar-refractivity contribution is 0.123. The highest BCUT2D eigenvalue weighted by atomic mass is 32.2. The Morgan fingerprint density at radius 1 is 1.11 bits per heavy atom. The second kappa shape index (κ2) is 5.01. The van der Waals surface area contributed by atoms with Crippen LogP contribution in [-0.4, -0.2) is 43.8 Å². The van der Waals surface area contributed by atoms with Crippen molar-refractivity contribution in [2.45, 2.75) is 63.2 Å². The molecule has 2 saturated heterocycles. The zero-order chi connectivity index (χ0) is 13.5. The van der Waals surface area contributed by atoms with Crippen molar-refractivity contribution in [1.82, 2.24) is 4.31 Å². The molecule has 0 aromatic heterocycles. The third kappa shape index (κ3) is 2.45. The fraction of sp³-hybridized carbons (Fsp3) is 1.00. The molecular formula is C14H25NO3S. The van der Waals surface area contributed by atoms with E-state index in [0.29, 0.717) is 18.4 Å². The lowest BCUT2D eigenvalue weighted by Gasteiger charge is -2.39. The normalized spacial score (nSPS) is 36.1. The van der Waals surface area contributed by atoms with Gasteiger partial charge in [-0.05, 0) is 44.4 Å². The molecule has 4 nitrogen and oxygen atoms in total. The second-order valence-corrected chi connectivity index (χ2v) is 8.71. The summed E-state index contributed by atoms with van der Waals surface area (Å²) in [6, 6.07) is 0. The first-order valence-corrected chi connectivity index (χ1v) is 9.14. The van der Waals surface area contributed by atoms with Gasteiger partial charge < -0.3 is 4.74 Å². The van der Waals surface area contributed by atoms with Gasteiger partial charge >= 0.3 is 0 Å². The average molecular weight is 287 g/mol. The van der Waals surface area contributed by atoms with Crippen LogP contribution < -0.4 is 0 Å². The molecule has 3 fully saturated rings. The number of piperidine rings is 1. The van der Waals surface area contributed by atoms with E-state index in [1.54, 1.807) is 4.31 Å². The third-order valence-electron chi connectivity index (χ3n) is 5.50. The maximum absolute atomic E-state index is 12.6. The summed E-state index contributed by atoms with van der Waals surface area (Å²) >= 11 is 0. The van der Waals surface area contributed by atoms with Gasteiger partial charge in [0.15, 0.2) is 0 Å². The average Bonchev–Trinajstić information content (AvgIpc) is 3.00. The van der Waals surface area contributed by atoms with Crippen molar-refractivity contribution in [2.24, 2.45) is 5.41 Å². The van der Waals surface area contributed by atoms with Crippen LogP contribution in [0, 0.1) is 5.41 Å². The molecule has 0 radical (unpaired) electrons. The van der Waals surface area contributed by atoms with Crippen molar-refractivity contribution in [3.8, 4) is 0 Å². The van der Waals surface area contributed by atoms with E-state index >= 15 is 0 Å². The number of hydrogen-bond donors (Lipinski definition) is 0. The minimum absolute atomic E-state index is 0.146. The van der Waals surface area contributed by atoms with Gasteiger partial charge in [-0.1, -0.05) is 12.8 Å². The molecular weight excluding hydrogens is 262 g/mol. The van der Waals surface area contributed by atoms with Crippen LogP contribution in [-0.2, 0) is 14.8 Å². The van der Waals surface area contributed by atoms with Crippen molar-refractivity contribution < 1.29 is 13.2 Å². The smallest absolute Gasteiger partial charge is 0.219 e. The Labute approximate surface area is 116 Å². The first-order valence-electron chi connectivity index (χ1n) is 7.64. The van der Waals surface area contributed by atoms with Gasteiger partial charge in [0.1, 0.15) is 5.25 Å². The highest BCUT2D eigenvalue weighted by molar-refractivity contribution is 7.89. The van der Waals surface area contributed by atoms with Crippen LogP contribution >= 0.6 is 0 Å². The minimum Gasteiger partial charge on any atom is -0.377 e. The molecule has 2 heterocycles. The summed E-state index contributed by atoms with van der Waals surface area (Å²) < 4.78 is 32.5. The Bertz CT molecular complexity index is 418. The summed E-state index contributed by atoms with van der Waals surface area (Å²) in [4.78, 5) is 0. The predicted molar refractivity (Wildman–Crippen MR) is 74.4 cm³/mol. The second-order valence-electron chi connectivity index (χ2n) is 6.55. The van der Waals surface area contributed by atoms with Crippen LogP contribution in [0.25, 0.3) is 0 Å². The first-order chi connectivity index (χ1) is 9.04. The van der Waals surface area contributed by atoms with Gasteiger partial charge in [0.05, 0.1) is 6.10 Å². The molecule has 19 heavy (non-hydrogen) atoms. The van der Waals surface area contributed by atoms with Crippen molar-refractivity contribution in [2.75, 3.05) is 19.7 Å². The van der Waals surface area contributed by atoms with Crippen LogP contribution in [0.5, 0.6) is 0 Å². The number of hydrogen-bond acceptors (Lipinski definition) is 3. The lowest BCUT2D eigenvalue weighted by Crippen LogP contribution is -2.47. The van der Waals surface area contributed by atoms with Gasteiger partial charge in [-0.3, -0.25) is 0 Å². The third-order valence-corrected chi connectivity index (χ3v) is 7.97. The summed E-state index contributed by atoms with van der Waals surface area (Å²) in [6.45, 7) is 3.93. The van der Waals surface area contributed by atoms with Gasteiger partial charge in [0, 0.05) is 19.7 Å². The molecule has 0 N–H and O–H groups in total. The van der Waals surface area contributed by atoms with Gasteiger partial charge in [-0.15, -0.1) is 0 Å². The lowest BCUT2D eigenvalue weighted by atomic mass is 9.78. The first kappa shape index (κ1) is 13.8. The van der Waals surface area contributed by atoms with Gasteiger partial charge in [0.2, 0.25) is 10.0 Å². The topological polar surface area (TPSA) is 46.6 Å². The van der Waals surface area contributed by atoms with Gasteiger partial charge in [-0.2, -0.15) is 0 Å². The molecule has 5 heteroatoms. The van der Waals surface area contributed by atoms with Crippen molar-refractivity contribution >= 4 is 10.0 Å². The van der Waals surface area contributed by atoms with E-state index in [4.69, 9.17) is 4.74 Å². The predicted octanol–water partition coefficient (Wildman–Crippen LogP) is 2.15. The van der Waals surface area contributed by atoms with E-state index in [2.05, 4.69) is 0 Å². The fourth-order valence-electron chi connectivity index (χ4n) is 4.13. The van der Waals surface area contributed by atoms with Gasteiger partial charge in [0.25, 0.3) is 0 Å². The SMILES string of the molecule is CC1OCCC1S(=O)(=O)N1CCC2(CCCC2)CC1. The summed E-state index contributed by atoms with van der Waals surface area (Å²) in [5.74, 6) is 0. The van der Waals surface area contributed by atoms with Crippen molar-refractivity contribution in [3.05, 3.63) is 0 Å².